The van der Waals surface area contributed by atoms with Gasteiger partial charge in [0, 0.05) is 12.6 Å². The molecule has 0 radical (unpaired) electrons. The largest absolute Gasteiger partial charge is 0.358 e. The highest BCUT2D eigenvalue weighted by molar-refractivity contribution is 6.21. The molecule has 1 aromatic carbocycles. The number of carbonyl (C=O) groups is 1. The summed E-state index contributed by atoms with van der Waals surface area (Å²) in [6.07, 6.45) is 0. The average Bonchev–Trinajstić information content (AvgIpc) is 2.95. The molecule has 0 fully saturated rings. The van der Waals surface area contributed by atoms with Gasteiger partial charge in [-0.1, -0.05) is 30.3 Å². The Bertz CT molecular complexity index is 612. The van der Waals surface area contributed by atoms with E-state index in [4.69, 9.17) is 11.6 Å². The SMILES string of the molecule is O=C(NCC(Cl)c1ccccc1)c1ccc([N+](=O)[O-])[nH]1. The van der Waals surface area contributed by atoms with Crippen molar-refractivity contribution in [1.29, 1.82) is 0 Å². The summed E-state index contributed by atoms with van der Waals surface area (Å²) < 4.78 is 0. The van der Waals surface area contributed by atoms with E-state index in [9.17, 15) is 14.9 Å². The number of nitrogens with one attached hydrogen (secondary N) is 2. The molecule has 2 rings (SSSR count). The monoisotopic (exact) mass is 293 g/mol. The van der Waals surface area contributed by atoms with Gasteiger partial charge in [-0.25, -0.2) is 4.98 Å². The Morgan fingerprint density at radius 2 is 2.00 bits per heavy atom. The van der Waals surface area contributed by atoms with Crippen LogP contribution in [0.3, 0.4) is 0 Å². The molecule has 2 N–H and O–H groups in total. The summed E-state index contributed by atoms with van der Waals surface area (Å²) in [4.78, 5) is 24.1. The van der Waals surface area contributed by atoms with Crippen molar-refractivity contribution >= 4 is 23.3 Å². The molecule has 1 atom stereocenters. The number of carbonyl (C=O) groups excluding carboxylic acids is 1. The molecule has 0 aliphatic heterocycles. The molecule has 0 saturated heterocycles. The number of aromatic nitrogens is 1. The van der Waals surface area contributed by atoms with Crippen molar-refractivity contribution in [3.05, 3.63) is 63.8 Å². The predicted molar refractivity (Wildman–Crippen MR) is 74.8 cm³/mol. The van der Waals surface area contributed by atoms with Crippen LogP contribution in [0.5, 0.6) is 0 Å². The van der Waals surface area contributed by atoms with Crippen LogP contribution >= 0.6 is 11.6 Å². The van der Waals surface area contributed by atoms with Crippen molar-refractivity contribution in [2.75, 3.05) is 6.54 Å². The Labute approximate surface area is 119 Å². The molecule has 1 amide bonds. The maximum atomic E-state index is 11.8. The molecular weight excluding hydrogens is 282 g/mol. The molecule has 0 saturated carbocycles. The number of hydrogen-bond acceptors (Lipinski definition) is 3. The number of hydrogen-bond donors (Lipinski definition) is 2. The number of rotatable bonds is 5. The number of amides is 1. The highest BCUT2D eigenvalue weighted by atomic mass is 35.5. The van der Waals surface area contributed by atoms with E-state index in [0.717, 1.165) is 5.56 Å². The standard InChI is InChI=1S/C13H12ClN3O3/c14-10(9-4-2-1-3-5-9)8-15-13(18)11-6-7-12(16-11)17(19)20/h1-7,10,16H,8H2,(H,15,18). The molecular formula is C13H12ClN3O3. The molecule has 7 heteroatoms. The number of alkyl halides is 1. The number of H-pyrrole nitrogens is 1. The van der Waals surface area contributed by atoms with Crippen molar-refractivity contribution in [3.63, 3.8) is 0 Å². The number of nitrogens with zero attached hydrogens (tertiary/aromatic N) is 1. The Hall–Kier alpha value is -2.34. The normalized spacial score (nSPS) is 11.8. The molecule has 104 valence electrons. The molecule has 1 unspecified atom stereocenters. The number of aromatic amines is 1. The van der Waals surface area contributed by atoms with E-state index in [1.165, 1.54) is 12.1 Å². The van der Waals surface area contributed by atoms with Gasteiger partial charge in [-0.3, -0.25) is 4.79 Å². The minimum atomic E-state index is -0.592. The van der Waals surface area contributed by atoms with Gasteiger partial charge >= 0.3 is 5.82 Å². The van der Waals surface area contributed by atoms with Crippen LogP contribution in [0, 0.1) is 10.1 Å². The van der Waals surface area contributed by atoms with Crippen molar-refractivity contribution in [1.82, 2.24) is 10.3 Å². The first-order valence-corrected chi connectivity index (χ1v) is 6.32. The first kappa shape index (κ1) is 14.1. The van der Waals surface area contributed by atoms with E-state index < -0.39 is 10.8 Å². The van der Waals surface area contributed by atoms with E-state index in [0.29, 0.717) is 0 Å². The quantitative estimate of drug-likeness (QED) is 0.504. The van der Waals surface area contributed by atoms with E-state index in [1.807, 2.05) is 30.3 Å². The van der Waals surface area contributed by atoms with Gasteiger partial charge in [0.15, 0.2) is 5.69 Å². The van der Waals surface area contributed by atoms with Crippen molar-refractivity contribution in [2.24, 2.45) is 0 Å². The number of benzene rings is 1. The molecule has 6 nitrogen and oxygen atoms in total. The average molecular weight is 294 g/mol. The van der Waals surface area contributed by atoms with Gasteiger partial charge < -0.3 is 15.4 Å². The van der Waals surface area contributed by atoms with E-state index in [2.05, 4.69) is 10.3 Å². The third-order valence-electron chi connectivity index (χ3n) is 2.72. The smallest absolute Gasteiger partial charge is 0.321 e. The van der Waals surface area contributed by atoms with E-state index >= 15 is 0 Å². The zero-order valence-corrected chi connectivity index (χ0v) is 11.1. The first-order chi connectivity index (χ1) is 9.58. The second kappa shape index (κ2) is 6.21. The third kappa shape index (κ3) is 3.36. The predicted octanol–water partition coefficient (Wildman–Crippen LogP) is 2.63. The zero-order valence-electron chi connectivity index (χ0n) is 10.4. The van der Waals surface area contributed by atoms with E-state index in [-0.39, 0.29) is 23.4 Å². The highest BCUT2D eigenvalue weighted by Crippen LogP contribution is 2.19. The van der Waals surface area contributed by atoms with Crippen LogP contribution in [0.2, 0.25) is 0 Å². The summed E-state index contributed by atoms with van der Waals surface area (Å²) in [6.45, 7) is 0.233. The summed E-state index contributed by atoms with van der Waals surface area (Å²) in [5, 5.41) is 12.8. The zero-order chi connectivity index (χ0) is 14.5. The third-order valence-corrected chi connectivity index (χ3v) is 3.12. The summed E-state index contributed by atoms with van der Waals surface area (Å²) in [5.41, 5.74) is 1.03. The maximum absolute atomic E-state index is 11.8. The summed E-state index contributed by atoms with van der Waals surface area (Å²) in [5.74, 6) is -0.652. The minimum Gasteiger partial charge on any atom is -0.358 e. The summed E-state index contributed by atoms with van der Waals surface area (Å²) in [7, 11) is 0. The first-order valence-electron chi connectivity index (χ1n) is 5.88. The summed E-state index contributed by atoms with van der Waals surface area (Å²) in [6, 6.07) is 11.9. The van der Waals surface area contributed by atoms with Gasteiger partial charge in [0.2, 0.25) is 0 Å². The number of halogens is 1. The second-order valence-electron chi connectivity index (χ2n) is 4.10. The molecule has 0 spiro atoms. The maximum Gasteiger partial charge on any atom is 0.321 e. The van der Waals surface area contributed by atoms with Gasteiger partial charge in [-0.15, -0.1) is 11.6 Å². The second-order valence-corrected chi connectivity index (χ2v) is 4.63. The van der Waals surface area contributed by atoms with Crippen molar-refractivity contribution in [3.8, 4) is 0 Å². The Balaban J connectivity index is 1.93. The molecule has 20 heavy (non-hydrogen) atoms. The van der Waals surface area contributed by atoms with Gasteiger partial charge in [-0.05, 0) is 16.6 Å². The topological polar surface area (TPSA) is 88.0 Å². The molecule has 0 aliphatic rings. The van der Waals surface area contributed by atoms with Crippen LogP contribution in [0.15, 0.2) is 42.5 Å². The molecule has 2 aromatic rings. The Morgan fingerprint density at radius 1 is 1.30 bits per heavy atom. The fourth-order valence-corrected chi connectivity index (χ4v) is 1.90. The highest BCUT2D eigenvalue weighted by Gasteiger charge is 2.16. The fourth-order valence-electron chi connectivity index (χ4n) is 1.68. The molecule has 0 aliphatic carbocycles. The molecule has 1 aromatic heterocycles. The lowest BCUT2D eigenvalue weighted by Crippen LogP contribution is -2.27. The fraction of sp³-hybridized carbons (Fsp3) is 0.154. The summed E-state index contributed by atoms with van der Waals surface area (Å²) >= 11 is 6.16. The van der Waals surface area contributed by atoms with Crippen molar-refractivity contribution < 1.29 is 9.72 Å². The van der Waals surface area contributed by atoms with Crippen LogP contribution in [0.4, 0.5) is 5.82 Å². The van der Waals surface area contributed by atoms with Gasteiger partial charge in [0.25, 0.3) is 5.91 Å². The number of nitro groups is 1. The van der Waals surface area contributed by atoms with Gasteiger partial charge in [0.05, 0.1) is 5.38 Å². The van der Waals surface area contributed by atoms with Crippen LogP contribution in [0.1, 0.15) is 21.4 Å². The van der Waals surface area contributed by atoms with Crippen molar-refractivity contribution in [2.45, 2.75) is 5.38 Å². The minimum absolute atomic E-state index is 0.133. The Morgan fingerprint density at radius 3 is 2.60 bits per heavy atom. The van der Waals surface area contributed by atoms with Crippen LogP contribution < -0.4 is 5.32 Å². The van der Waals surface area contributed by atoms with Gasteiger partial charge in [-0.2, -0.15) is 0 Å². The molecule has 0 bridgehead atoms. The van der Waals surface area contributed by atoms with Gasteiger partial charge in [0.1, 0.15) is 0 Å². The lowest BCUT2D eigenvalue weighted by Gasteiger charge is -2.09. The van der Waals surface area contributed by atoms with Crippen LogP contribution in [-0.2, 0) is 0 Å². The Kier molecular flexibility index (Phi) is 4.37. The van der Waals surface area contributed by atoms with Crippen LogP contribution in [-0.4, -0.2) is 22.4 Å². The lowest BCUT2D eigenvalue weighted by molar-refractivity contribution is -0.389. The van der Waals surface area contributed by atoms with Crippen LogP contribution in [0.25, 0.3) is 0 Å². The van der Waals surface area contributed by atoms with E-state index in [1.54, 1.807) is 0 Å². The molecule has 1 heterocycles. The lowest BCUT2D eigenvalue weighted by atomic mass is 10.1.